The summed E-state index contributed by atoms with van der Waals surface area (Å²) in [5.41, 5.74) is 1.28. The summed E-state index contributed by atoms with van der Waals surface area (Å²) in [4.78, 5) is 40.2. The average Bonchev–Trinajstić information content (AvgIpc) is 3.23. The Balaban J connectivity index is 0.00000361. The lowest BCUT2D eigenvalue weighted by Crippen LogP contribution is -2.45. The van der Waals surface area contributed by atoms with Gasteiger partial charge < -0.3 is 10.2 Å². The van der Waals surface area contributed by atoms with Crippen molar-refractivity contribution in [2.75, 3.05) is 22.2 Å². The van der Waals surface area contributed by atoms with Crippen LogP contribution < -0.4 is 15.1 Å². The summed E-state index contributed by atoms with van der Waals surface area (Å²) in [6.07, 6.45) is -0.0877. The zero-order valence-corrected chi connectivity index (χ0v) is 19.5. The molecule has 4 heterocycles. The van der Waals surface area contributed by atoms with E-state index < -0.39 is 17.9 Å². The number of halogens is 3. The van der Waals surface area contributed by atoms with Crippen molar-refractivity contribution < 1.29 is 22.8 Å². The molecule has 192 valence electrons. The summed E-state index contributed by atoms with van der Waals surface area (Å²) in [7, 11) is 1.75. The van der Waals surface area contributed by atoms with E-state index in [1.54, 1.807) is 42.9 Å². The van der Waals surface area contributed by atoms with Crippen LogP contribution in [0, 0.1) is 6.92 Å². The third-order valence-corrected chi connectivity index (χ3v) is 5.71. The number of alkyl halides is 3. The summed E-state index contributed by atoms with van der Waals surface area (Å²) < 4.78 is 39.7. The lowest BCUT2D eigenvalue weighted by atomic mass is 10.2. The Hall–Kier alpha value is -4.03. The molecule has 0 spiro atoms. The number of aromatic nitrogens is 5. The highest BCUT2D eigenvalue weighted by molar-refractivity contribution is 6.03. The fourth-order valence-electron chi connectivity index (χ4n) is 3.61. The van der Waals surface area contributed by atoms with E-state index in [-0.39, 0.29) is 38.3 Å². The minimum atomic E-state index is -4.50. The monoisotopic (exact) mass is 504 g/mol. The summed E-state index contributed by atoms with van der Waals surface area (Å²) in [5, 5.41) is 7.04. The van der Waals surface area contributed by atoms with Gasteiger partial charge in [0.25, 0.3) is 0 Å². The fourth-order valence-corrected chi connectivity index (χ4v) is 3.61. The van der Waals surface area contributed by atoms with Crippen LogP contribution in [0.5, 0.6) is 0 Å². The van der Waals surface area contributed by atoms with Gasteiger partial charge >= 0.3 is 6.18 Å². The number of hydrogen-bond donors (Lipinski definition) is 1. The third-order valence-electron chi connectivity index (χ3n) is 5.71. The molecular weight excluding hydrogens is 477 g/mol. The molecule has 1 atom stereocenters. The molecule has 0 fully saturated rings. The fraction of sp³-hybridized carbons (Fsp3) is 0.391. The second-order valence-corrected chi connectivity index (χ2v) is 8.28. The second-order valence-electron chi connectivity index (χ2n) is 8.28. The van der Waals surface area contributed by atoms with Gasteiger partial charge in [0, 0.05) is 31.9 Å². The van der Waals surface area contributed by atoms with Gasteiger partial charge in [-0.2, -0.15) is 23.3 Å². The van der Waals surface area contributed by atoms with Crippen LogP contribution in [0.15, 0.2) is 30.7 Å². The van der Waals surface area contributed by atoms with Gasteiger partial charge in [-0.25, -0.2) is 4.98 Å². The first-order valence-electron chi connectivity index (χ1n) is 10.7. The van der Waals surface area contributed by atoms with Crippen LogP contribution in [0.4, 0.5) is 30.6 Å². The molecule has 10 nitrogen and oxygen atoms in total. The maximum atomic E-state index is 12.7. The maximum absolute atomic E-state index is 12.7. The van der Waals surface area contributed by atoms with E-state index in [9.17, 15) is 22.8 Å². The first-order chi connectivity index (χ1) is 16.4. The molecule has 3 aromatic heterocycles. The van der Waals surface area contributed by atoms with Gasteiger partial charge in [-0.05, 0) is 25.5 Å². The van der Waals surface area contributed by atoms with Crippen LogP contribution in [0.3, 0.4) is 0 Å². The van der Waals surface area contributed by atoms with Gasteiger partial charge in [0.15, 0.2) is 5.82 Å². The Morgan fingerprint density at radius 2 is 1.92 bits per heavy atom. The van der Waals surface area contributed by atoms with Gasteiger partial charge in [-0.15, -0.1) is 0 Å². The van der Waals surface area contributed by atoms with E-state index in [0.29, 0.717) is 28.3 Å². The molecule has 0 saturated carbocycles. The Bertz CT molecular complexity index is 1270. The van der Waals surface area contributed by atoms with Crippen LogP contribution in [0.1, 0.15) is 43.8 Å². The SMILES string of the molecule is C.CC(=O)N(Cc1cnn(Cc2ccc(C(F)(F)F)nc2)c1)c1nc(C)c2c(n1)N(C)[C@H](C)C(=O)N2. The molecule has 1 N–H and O–H groups in total. The van der Waals surface area contributed by atoms with Gasteiger partial charge in [0.05, 0.1) is 25.0 Å². The van der Waals surface area contributed by atoms with Crippen LogP contribution in [-0.4, -0.2) is 49.6 Å². The van der Waals surface area contributed by atoms with Crippen molar-refractivity contribution in [3.05, 3.63) is 53.2 Å². The minimum absolute atomic E-state index is 0. The van der Waals surface area contributed by atoms with Crippen molar-refractivity contribution in [2.24, 2.45) is 0 Å². The number of aryl methyl sites for hydroxylation is 1. The molecule has 0 saturated heterocycles. The van der Waals surface area contributed by atoms with Crippen molar-refractivity contribution in [1.29, 1.82) is 0 Å². The Morgan fingerprint density at radius 3 is 2.53 bits per heavy atom. The molecule has 13 heteroatoms. The molecular formula is C23H27F3N8O2. The first kappa shape index (κ1) is 26.6. The molecule has 1 aliphatic heterocycles. The molecule has 4 rings (SSSR count). The van der Waals surface area contributed by atoms with Crippen molar-refractivity contribution in [2.45, 2.75) is 53.5 Å². The number of nitrogens with zero attached hydrogens (tertiary/aromatic N) is 7. The van der Waals surface area contributed by atoms with Crippen LogP contribution in [0.25, 0.3) is 0 Å². The maximum Gasteiger partial charge on any atom is 0.433 e. The van der Waals surface area contributed by atoms with Crippen molar-refractivity contribution in [3.63, 3.8) is 0 Å². The minimum Gasteiger partial charge on any atom is -0.346 e. The molecule has 0 radical (unpaired) electrons. The number of anilines is 3. The van der Waals surface area contributed by atoms with Crippen LogP contribution in [-0.2, 0) is 28.9 Å². The first-order valence-corrected chi connectivity index (χ1v) is 10.7. The smallest absolute Gasteiger partial charge is 0.346 e. The van der Waals surface area contributed by atoms with Crippen molar-refractivity contribution >= 4 is 29.3 Å². The number of rotatable bonds is 5. The van der Waals surface area contributed by atoms with Gasteiger partial charge in [0.2, 0.25) is 17.8 Å². The lowest BCUT2D eigenvalue weighted by Gasteiger charge is -2.33. The number of carbonyl (C=O) groups excluding carboxylic acids is 2. The molecule has 2 amide bonds. The largest absolute Gasteiger partial charge is 0.433 e. The van der Waals surface area contributed by atoms with Crippen molar-refractivity contribution in [3.8, 4) is 0 Å². The Morgan fingerprint density at radius 1 is 1.19 bits per heavy atom. The number of pyridine rings is 1. The number of hydrogen-bond acceptors (Lipinski definition) is 7. The second kappa shape index (κ2) is 9.91. The lowest BCUT2D eigenvalue weighted by molar-refractivity contribution is -0.141. The topological polar surface area (TPSA) is 109 Å². The number of fused-ring (bicyclic) bond motifs is 1. The average molecular weight is 505 g/mol. The third kappa shape index (κ3) is 5.29. The normalized spacial score (nSPS) is 15.1. The van der Waals surface area contributed by atoms with Gasteiger partial charge in [-0.1, -0.05) is 13.5 Å². The van der Waals surface area contributed by atoms with Crippen LogP contribution in [0.2, 0.25) is 0 Å². The predicted molar refractivity (Wildman–Crippen MR) is 127 cm³/mol. The highest BCUT2D eigenvalue weighted by Crippen LogP contribution is 2.33. The molecule has 0 aliphatic carbocycles. The van der Waals surface area contributed by atoms with E-state index in [1.165, 1.54) is 17.9 Å². The van der Waals surface area contributed by atoms with E-state index >= 15 is 0 Å². The standard InChI is InChI=1S/C22H23F3N8O2.CH4/c1-12-18-19(31(4)13(2)20(35)29-18)30-21(28-12)33(14(3)34)11-16-8-27-32(10-16)9-15-5-6-17(26-7-15)22(23,24)25;/h5-8,10,13H,9,11H2,1-4H3,(H,29,35);1H4/t13-;/m1./s1. The zero-order valence-electron chi connectivity index (χ0n) is 19.5. The zero-order chi connectivity index (χ0) is 25.5. The number of nitrogens with one attached hydrogen (secondary N) is 1. The molecule has 3 aromatic rings. The summed E-state index contributed by atoms with van der Waals surface area (Å²) in [5.74, 6) is 0.234. The number of carbonyl (C=O) groups is 2. The van der Waals surface area contributed by atoms with E-state index in [0.717, 1.165) is 12.3 Å². The van der Waals surface area contributed by atoms with Crippen LogP contribution >= 0.6 is 0 Å². The highest BCUT2D eigenvalue weighted by atomic mass is 19.4. The summed E-state index contributed by atoms with van der Waals surface area (Å²) >= 11 is 0. The molecule has 0 bridgehead atoms. The predicted octanol–water partition coefficient (Wildman–Crippen LogP) is 3.41. The summed E-state index contributed by atoms with van der Waals surface area (Å²) in [6, 6.07) is 1.83. The highest BCUT2D eigenvalue weighted by Gasteiger charge is 2.32. The van der Waals surface area contributed by atoms with E-state index in [1.807, 2.05) is 0 Å². The van der Waals surface area contributed by atoms with Gasteiger partial charge in [0.1, 0.15) is 17.4 Å². The van der Waals surface area contributed by atoms with Gasteiger partial charge in [-0.3, -0.25) is 24.2 Å². The quantitative estimate of drug-likeness (QED) is 0.567. The molecule has 0 unspecified atom stereocenters. The number of likely N-dealkylation sites (N-methyl/N-ethyl adjacent to an activating group) is 1. The van der Waals surface area contributed by atoms with E-state index in [4.69, 9.17) is 0 Å². The molecule has 1 aliphatic rings. The summed E-state index contributed by atoms with van der Waals surface area (Å²) in [6.45, 7) is 5.21. The Labute approximate surface area is 206 Å². The number of amides is 2. The Kier molecular flexibility index (Phi) is 7.32. The molecule has 36 heavy (non-hydrogen) atoms. The van der Waals surface area contributed by atoms with E-state index in [2.05, 4.69) is 25.4 Å². The van der Waals surface area contributed by atoms with Crippen molar-refractivity contribution in [1.82, 2.24) is 24.7 Å². The molecule has 0 aromatic carbocycles.